The van der Waals surface area contributed by atoms with E-state index in [2.05, 4.69) is 11.2 Å². The predicted octanol–water partition coefficient (Wildman–Crippen LogP) is 0.907. The van der Waals surface area contributed by atoms with Crippen LogP contribution in [-0.2, 0) is 4.79 Å². The number of carboxylic acids is 1. The standard InChI is InChI=1S/C7H14N2.C2H4O2/c8-4-1-2-7-3-5-9-6-7;1-2(3)4/h6-7H,1-5,8H2;1H3,(H,3,4). The summed E-state index contributed by atoms with van der Waals surface area (Å²) in [6.45, 7) is 2.94. The first-order chi connectivity index (χ1) is 6.16. The van der Waals surface area contributed by atoms with Gasteiger partial charge in [-0.2, -0.15) is 0 Å². The highest BCUT2D eigenvalue weighted by Gasteiger charge is 2.08. The molecule has 76 valence electrons. The van der Waals surface area contributed by atoms with Crippen LogP contribution in [0.5, 0.6) is 0 Å². The summed E-state index contributed by atoms with van der Waals surface area (Å²) in [6, 6.07) is 0. The van der Waals surface area contributed by atoms with E-state index in [1.807, 2.05) is 0 Å². The molecule has 4 heteroatoms. The Balaban J connectivity index is 0.000000310. The number of rotatable bonds is 3. The number of nitrogens with two attached hydrogens (primary N) is 1. The van der Waals surface area contributed by atoms with Crippen LogP contribution >= 0.6 is 0 Å². The molecule has 1 unspecified atom stereocenters. The quantitative estimate of drug-likeness (QED) is 0.687. The fraction of sp³-hybridized carbons (Fsp3) is 0.778. The molecule has 1 aliphatic rings. The molecule has 1 heterocycles. The number of hydrogen-bond donors (Lipinski definition) is 2. The third-order valence-electron chi connectivity index (χ3n) is 1.72. The molecule has 0 aromatic heterocycles. The largest absolute Gasteiger partial charge is 0.481 e. The molecule has 0 amide bonds. The molecule has 0 aromatic rings. The van der Waals surface area contributed by atoms with Crippen molar-refractivity contribution in [3.8, 4) is 0 Å². The zero-order chi connectivity index (χ0) is 10.1. The smallest absolute Gasteiger partial charge is 0.300 e. The van der Waals surface area contributed by atoms with Gasteiger partial charge < -0.3 is 10.8 Å². The Labute approximate surface area is 78.8 Å². The predicted molar refractivity (Wildman–Crippen MR) is 53.1 cm³/mol. The molecule has 0 aliphatic carbocycles. The van der Waals surface area contributed by atoms with Gasteiger partial charge in [-0.3, -0.25) is 9.79 Å². The molecule has 3 N–H and O–H groups in total. The van der Waals surface area contributed by atoms with Crippen LogP contribution in [0.2, 0.25) is 0 Å². The van der Waals surface area contributed by atoms with E-state index in [9.17, 15) is 0 Å². The summed E-state index contributed by atoms with van der Waals surface area (Å²) in [6.07, 6.45) is 5.71. The van der Waals surface area contributed by atoms with E-state index >= 15 is 0 Å². The molecule has 13 heavy (non-hydrogen) atoms. The lowest BCUT2D eigenvalue weighted by molar-refractivity contribution is -0.134. The fourth-order valence-electron chi connectivity index (χ4n) is 1.14. The summed E-state index contributed by atoms with van der Waals surface area (Å²) < 4.78 is 0. The maximum absolute atomic E-state index is 9.00. The van der Waals surface area contributed by atoms with Gasteiger partial charge in [0.1, 0.15) is 0 Å². The summed E-state index contributed by atoms with van der Waals surface area (Å²) in [5, 5.41) is 7.42. The zero-order valence-corrected chi connectivity index (χ0v) is 8.07. The van der Waals surface area contributed by atoms with Gasteiger partial charge in [0.2, 0.25) is 0 Å². The molecular formula is C9H18N2O2. The fourth-order valence-corrected chi connectivity index (χ4v) is 1.14. The first-order valence-electron chi connectivity index (χ1n) is 4.56. The lowest BCUT2D eigenvalue weighted by Gasteiger charge is -2.01. The Morgan fingerprint density at radius 1 is 1.77 bits per heavy atom. The lowest BCUT2D eigenvalue weighted by Crippen LogP contribution is -2.03. The summed E-state index contributed by atoms with van der Waals surface area (Å²) in [4.78, 5) is 13.2. The number of aliphatic imine (C=N–C) groups is 1. The van der Waals surface area contributed by atoms with Crippen LogP contribution in [0.15, 0.2) is 4.99 Å². The van der Waals surface area contributed by atoms with Gasteiger partial charge in [-0.25, -0.2) is 0 Å². The van der Waals surface area contributed by atoms with Gasteiger partial charge >= 0.3 is 0 Å². The highest BCUT2D eigenvalue weighted by molar-refractivity contribution is 5.63. The molecule has 0 saturated carbocycles. The van der Waals surface area contributed by atoms with Crippen LogP contribution in [0.4, 0.5) is 0 Å². The van der Waals surface area contributed by atoms with Gasteiger partial charge in [0, 0.05) is 19.7 Å². The van der Waals surface area contributed by atoms with E-state index in [1.54, 1.807) is 0 Å². The van der Waals surface area contributed by atoms with Gasteiger partial charge in [-0.05, 0) is 31.7 Å². The van der Waals surface area contributed by atoms with Crippen molar-refractivity contribution >= 4 is 12.2 Å². The monoisotopic (exact) mass is 186 g/mol. The highest BCUT2D eigenvalue weighted by atomic mass is 16.4. The number of hydrogen-bond acceptors (Lipinski definition) is 3. The topological polar surface area (TPSA) is 75.7 Å². The Morgan fingerprint density at radius 3 is 2.77 bits per heavy atom. The van der Waals surface area contributed by atoms with Crippen LogP contribution in [0.1, 0.15) is 26.2 Å². The highest BCUT2D eigenvalue weighted by Crippen LogP contribution is 2.12. The van der Waals surface area contributed by atoms with Gasteiger partial charge in [0.25, 0.3) is 5.97 Å². The van der Waals surface area contributed by atoms with Crippen LogP contribution in [0.3, 0.4) is 0 Å². The molecule has 1 rings (SSSR count). The average molecular weight is 186 g/mol. The van der Waals surface area contributed by atoms with Crippen LogP contribution < -0.4 is 5.73 Å². The Hall–Kier alpha value is -0.900. The van der Waals surface area contributed by atoms with E-state index in [4.69, 9.17) is 15.6 Å². The van der Waals surface area contributed by atoms with Crippen molar-refractivity contribution in [3.63, 3.8) is 0 Å². The number of carboxylic acid groups (broad SMARTS) is 1. The van der Waals surface area contributed by atoms with Gasteiger partial charge in [-0.1, -0.05) is 0 Å². The van der Waals surface area contributed by atoms with Gasteiger partial charge in [0.15, 0.2) is 0 Å². The lowest BCUT2D eigenvalue weighted by atomic mass is 10.0. The number of nitrogens with zero attached hydrogens (tertiary/aromatic N) is 1. The van der Waals surface area contributed by atoms with Crippen molar-refractivity contribution in [2.24, 2.45) is 16.6 Å². The Kier molecular flexibility index (Phi) is 7.20. The SMILES string of the molecule is CC(=O)O.NCCCC1C=NCC1. The number of aliphatic carboxylic acids is 1. The summed E-state index contributed by atoms with van der Waals surface area (Å²) in [5.41, 5.74) is 5.36. The summed E-state index contributed by atoms with van der Waals surface area (Å²) in [5.74, 6) is -0.0893. The van der Waals surface area contributed by atoms with E-state index < -0.39 is 5.97 Å². The first kappa shape index (κ1) is 12.1. The molecule has 0 bridgehead atoms. The van der Waals surface area contributed by atoms with E-state index in [-0.39, 0.29) is 0 Å². The maximum atomic E-state index is 9.00. The molecule has 1 atom stereocenters. The Bertz CT molecular complexity index is 165. The van der Waals surface area contributed by atoms with E-state index in [1.165, 1.54) is 12.8 Å². The van der Waals surface area contributed by atoms with Crippen LogP contribution in [-0.4, -0.2) is 30.4 Å². The van der Waals surface area contributed by atoms with Crippen molar-refractivity contribution in [1.82, 2.24) is 0 Å². The number of carbonyl (C=O) groups is 1. The van der Waals surface area contributed by atoms with Crippen molar-refractivity contribution in [1.29, 1.82) is 0 Å². The third kappa shape index (κ3) is 9.01. The zero-order valence-electron chi connectivity index (χ0n) is 8.07. The summed E-state index contributed by atoms with van der Waals surface area (Å²) in [7, 11) is 0. The van der Waals surface area contributed by atoms with Crippen LogP contribution in [0.25, 0.3) is 0 Å². The van der Waals surface area contributed by atoms with Crippen molar-refractivity contribution in [2.75, 3.05) is 13.1 Å². The van der Waals surface area contributed by atoms with Crippen molar-refractivity contribution in [2.45, 2.75) is 26.2 Å². The maximum Gasteiger partial charge on any atom is 0.300 e. The molecule has 0 spiro atoms. The second kappa shape index (κ2) is 7.73. The molecule has 0 fully saturated rings. The average Bonchev–Trinajstić information content (AvgIpc) is 2.51. The molecule has 4 nitrogen and oxygen atoms in total. The minimum atomic E-state index is -0.833. The molecule has 0 saturated heterocycles. The van der Waals surface area contributed by atoms with Crippen molar-refractivity contribution < 1.29 is 9.90 Å². The van der Waals surface area contributed by atoms with E-state index in [0.717, 1.165) is 32.4 Å². The normalized spacial score (nSPS) is 19.4. The molecule has 0 aromatic carbocycles. The molecule has 1 aliphatic heterocycles. The van der Waals surface area contributed by atoms with Crippen molar-refractivity contribution in [3.05, 3.63) is 0 Å². The Morgan fingerprint density at radius 2 is 2.38 bits per heavy atom. The minimum Gasteiger partial charge on any atom is -0.481 e. The van der Waals surface area contributed by atoms with Gasteiger partial charge in [-0.15, -0.1) is 0 Å². The van der Waals surface area contributed by atoms with E-state index in [0.29, 0.717) is 0 Å². The minimum absolute atomic E-state index is 0.744. The molecular weight excluding hydrogens is 168 g/mol. The van der Waals surface area contributed by atoms with Gasteiger partial charge in [0.05, 0.1) is 0 Å². The second-order valence-electron chi connectivity index (χ2n) is 3.05. The molecule has 0 radical (unpaired) electrons. The second-order valence-corrected chi connectivity index (χ2v) is 3.05. The first-order valence-corrected chi connectivity index (χ1v) is 4.56. The van der Waals surface area contributed by atoms with Crippen LogP contribution in [0, 0.1) is 5.92 Å². The summed E-state index contributed by atoms with van der Waals surface area (Å²) >= 11 is 0. The third-order valence-corrected chi connectivity index (χ3v) is 1.72.